The molecule has 1 atom stereocenters. The van der Waals surface area contributed by atoms with Crippen LogP contribution in [0.1, 0.15) is 51.5 Å². The second kappa shape index (κ2) is 10.8. The van der Waals surface area contributed by atoms with Crippen molar-refractivity contribution in [2.45, 2.75) is 52.0 Å². The number of benzene rings is 1. The number of anilines is 1. The van der Waals surface area contributed by atoms with Crippen LogP contribution in [0.5, 0.6) is 0 Å². The van der Waals surface area contributed by atoms with E-state index in [0.717, 1.165) is 56.6 Å². The Morgan fingerprint density at radius 2 is 1.89 bits per heavy atom. The highest BCUT2D eigenvalue weighted by Crippen LogP contribution is 2.29. The number of aliphatic imine (C=N–C) groups is 1. The number of allylic oxidation sites excluding steroid dienone is 7. The third-order valence-electron chi connectivity index (χ3n) is 6.99. The topological polar surface area (TPSA) is 108 Å². The van der Waals surface area contributed by atoms with E-state index in [-0.39, 0.29) is 11.5 Å². The van der Waals surface area contributed by atoms with Gasteiger partial charge in [0.2, 0.25) is 5.91 Å². The van der Waals surface area contributed by atoms with Crippen LogP contribution in [0.3, 0.4) is 0 Å². The zero-order valence-electron chi connectivity index (χ0n) is 20.5. The zero-order valence-corrected chi connectivity index (χ0v) is 20.5. The molecule has 1 fully saturated rings. The first-order valence-corrected chi connectivity index (χ1v) is 12.3. The summed E-state index contributed by atoms with van der Waals surface area (Å²) in [6, 6.07) is 7.82. The SMILES string of the molecule is CC(=O)C1=C/C=C(/c2ccc(N3CCC(CC4=NC(C)=C(O)C(C(N)=O)N4)CC3)cc2)CC/C=C\1. The maximum Gasteiger partial charge on any atom is 0.247 e. The molecule has 7 heteroatoms. The van der Waals surface area contributed by atoms with Crippen LogP contribution >= 0.6 is 0 Å². The second-order valence-electron chi connectivity index (χ2n) is 9.50. The monoisotopic (exact) mass is 474 g/mol. The fraction of sp³-hybridized carbons (Fsp3) is 0.393. The van der Waals surface area contributed by atoms with Crippen LogP contribution in [0.4, 0.5) is 5.69 Å². The highest BCUT2D eigenvalue weighted by molar-refractivity contribution is 5.96. The minimum atomic E-state index is -0.894. The molecule has 2 aliphatic heterocycles. The number of amides is 1. The van der Waals surface area contributed by atoms with E-state index >= 15 is 0 Å². The molecule has 0 saturated carbocycles. The number of rotatable bonds is 6. The summed E-state index contributed by atoms with van der Waals surface area (Å²) < 4.78 is 0. The number of primary amides is 1. The third-order valence-corrected chi connectivity index (χ3v) is 6.99. The maximum atomic E-state index is 11.7. The van der Waals surface area contributed by atoms with E-state index in [1.165, 1.54) is 16.8 Å². The lowest BCUT2D eigenvalue weighted by Gasteiger charge is -2.34. The van der Waals surface area contributed by atoms with Crippen LogP contribution in [0.2, 0.25) is 0 Å². The quantitative estimate of drug-likeness (QED) is 0.573. The van der Waals surface area contributed by atoms with Crippen LogP contribution in [0.25, 0.3) is 5.57 Å². The number of nitrogens with one attached hydrogen (secondary N) is 1. The number of amidine groups is 1. The Morgan fingerprint density at radius 1 is 1.17 bits per heavy atom. The standard InChI is InChI=1S/C28H34N4O3/c1-18-27(34)26(28(29)35)31-25(30-18)17-20-13-15-32(16-14-20)24-11-9-23(10-12-24)22-6-4-3-5-21(7-8-22)19(2)33/h3,5,7-12,20,26,34H,4,6,13-17H2,1-2H3,(H2,29,35)(H,30,31)/b5-3-,21-7+,22-8+. The fourth-order valence-corrected chi connectivity index (χ4v) is 4.86. The van der Waals surface area contributed by atoms with Crippen molar-refractivity contribution in [3.05, 3.63) is 71.2 Å². The molecule has 4 rings (SSSR count). The summed E-state index contributed by atoms with van der Waals surface area (Å²) in [7, 11) is 0. The van der Waals surface area contributed by atoms with E-state index in [0.29, 0.717) is 11.6 Å². The molecule has 1 aromatic carbocycles. The number of aliphatic hydroxyl groups excluding tert-OH is 1. The average molecular weight is 475 g/mol. The van der Waals surface area contributed by atoms with Gasteiger partial charge in [-0.25, -0.2) is 4.99 Å². The smallest absolute Gasteiger partial charge is 0.247 e. The molecule has 0 radical (unpaired) electrons. The first kappa shape index (κ1) is 24.5. The molecule has 35 heavy (non-hydrogen) atoms. The number of aliphatic hydroxyl groups is 1. The molecule has 0 spiro atoms. The summed E-state index contributed by atoms with van der Waals surface area (Å²) in [5.74, 6) is 0.558. The van der Waals surface area contributed by atoms with Gasteiger partial charge < -0.3 is 21.1 Å². The van der Waals surface area contributed by atoms with E-state index < -0.39 is 11.9 Å². The van der Waals surface area contributed by atoms with E-state index in [4.69, 9.17) is 5.73 Å². The Labute approximate surface area is 206 Å². The van der Waals surface area contributed by atoms with Gasteiger partial charge in [0.15, 0.2) is 11.8 Å². The number of Topliss-reactive ketones (excluding diaryl/α,β-unsaturated/α-hetero) is 1. The van der Waals surface area contributed by atoms with Gasteiger partial charge in [0.1, 0.15) is 11.6 Å². The molecule has 3 aliphatic rings. The van der Waals surface area contributed by atoms with Gasteiger partial charge in [0, 0.05) is 30.8 Å². The molecule has 1 amide bonds. The molecule has 0 aromatic heterocycles. The van der Waals surface area contributed by atoms with Crippen molar-refractivity contribution in [2.75, 3.05) is 18.0 Å². The summed E-state index contributed by atoms with van der Waals surface area (Å²) in [6.07, 6.45) is 12.6. The van der Waals surface area contributed by atoms with Crippen LogP contribution in [-0.2, 0) is 9.59 Å². The number of carbonyl (C=O) groups is 2. The van der Waals surface area contributed by atoms with Crippen LogP contribution < -0.4 is 16.0 Å². The maximum absolute atomic E-state index is 11.7. The highest BCUT2D eigenvalue weighted by atomic mass is 16.3. The van der Waals surface area contributed by atoms with Crippen molar-refractivity contribution in [3.63, 3.8) is 0 Å². The number of hydrogen-bond acceptors (Lipinski definition) is 6. The Bertz CT molecular complexity index is 1130. The van der Waals surface area contributed by atoms with Gasteiger partial charge in [-0.05, 0) is 68.7 Å². The normalized spacial score (nSPS) is 25.3. The molecule has 1 aliphatic carbocycles. The van der Waals surface area contributed by atoms with Gasteiger partial charge in [0.25, 0.3) is 0 Å². The lowest BCUT2D eigenvalue weighted by molar-refractivity contribution is -0.119. The van der Waals surface area contributed by atoms with Crippen molar-refractivity contribution in [1.29, 1.82) is 0 Å². The summed E-state index contributed by atoms with van der Waals surface area (Å²) >= 11 is 0. The molecular formula is C28H34N4O3. The van der Waals surface area contributed by atoms with Gasteiger partial charge in [0.05, 0.1) is 5.70 Å². The minimum absolute atomic E-state index is 0.0845. The Balaban J connectivity index is 1.35. The second-order valence-corrected chi connectivity index (χ2v) is 9.50. The van der Waals surface area contributed by atoms with Gasteiger partial charge in [-0.3, -0.25) is 9.59 Å². The Morgan fingerprint density at radius 3 is 2.54 bits per heavy atom. The highest BCUT2D eigenvalue weighted by Gasteiger charge is 2.29. The van der Waals surface area contributed by atoms with Gasteiger partial charge in [-0.15, -0.1) is 0 Å². The number of carbonyl (C=O) groups excluding carboxylic acids is 2. The molecule has 7 nitrogen and oxygen atoms in total. The van der Waals surface area contributed by atoms with Crippen molar-refractivity contribution in [3.8, 4) is 0 Å². The van der Waals surface area contributed by atoms with Crippen LogP contribution in [-0.4, -0.2) is 41.8 Å². The predicted octanol–water partition coefficient (Wildman–Crippen LogP) is 4.19. The van der Waals surface area contributed by atoms with Crippen LogP contribution in [0, 0.1) is 5.92 Å². The fourth-order valence-electron chi connectivity index (χ4n) is 4.86. The number of nitrogens with zero attached hydrogens (tertiary/aromatic N) is 2. The molecule has 2 heterocycles. The molecule has 1 unspecified atom stereocenters. The molecular weight excluding hydrogens is 440 g/mol. The molecule has 1 aromatic rings. The van der Waals surface area contributed by atoms with Crippen molar-refractivity contribution < 1.29 is 14.7 Å². The minimum Gasteiger partial charge on any atom is -0.508 e. The van der Waals surface area contributed by atoms with Gasteiger partial charge >= 0.3 is 0 Å². The third kappa shape index (κ3) is 5.91. The summed E-state index contributed by atoms with van der Waals surface area (Å²) in [5, 5.41) is 13.0. The van der Waals surface area contributed by atoms with E-state index in [2.05, 4.69) is 51.6 Å². The Hall–Kier alpha value is -3.61. The number of hydrogen-bond donors (Lipinski definition) is 3. The van der Waals surface area contributed by atoms with E-state index in [1.54, 1.807) is 13.8 Å². The average Bonchev–Trinajstić information content (AvgIpc) is 2.82. The summed E-state index contributed by atoms with van der Waals surface area (Å²) in [4.78, 5) is 30.2. The largest absolute Gasteiger partial charge is 0.508 e. The lowest BCUT2D eigenvalue weighted by atomic mass is 9.92. The van der Waals surface area contributed by atoms with Crippen LogP contribution in [0.15, 0.2) is 70.6 Å². The first-order valence-electron chi connectivity index (χ1n) is 12.3. The Kier molecular flexibility index (Phi) is 7.54. The predicted molar refractivity (Wildman–Crippen MR) is 140 cm³/mol. The summed E-state index contributed by atoms with van der Waals surface area (Å²) in [5.41, 5.74) is 10.2. The lowest BCUT2D eigenvalue weighted by Crippen LogP contribution is -2.48. The molecule has 1 saturated heterocycles. The number of nitrogens with two attached hydrogens (primary N) is 1. The molecule has 184 valence electrons. The van der Waals surface area contributed by atoms with Crippen molar-refractivity contribution >= 4 is 28.8 Å². The van der Waals surface area contributed by atoms with Gasteiger partial charge in [-0.1, -0.05) is 36.4 Å². The van der Waals surface area contributed by atoms with Crippen molar-refractivity contribution in [2.24, 2.45) is 16.6 Å². The van der Waals surface area contributed by atoms with Gasteiger partial charge in [-0.2, -0.15) is 0 Å². The zero-order chi connectivity index (χ0) is 24.9. The van der Waals surface area contributed by atoms with Crippen molar-refractivity contribution in [1.82, 2.24) is 5.32 Å². The first-order chi connectivity index (χ1) is 16.8. The number of ketones is 1. The van der Waals surface area contributed by atoms with E-state index in [1.807, 2.05) is 12.2 Å². The summed E-state index contributed by atoms with van der Waals surface area (Å²) in [6.45, 7) is 5.20. The molecule has 4 N–H and O–H groups in total. The number of piperidine rings is 1. The molecule has 0 bridgehead atoms. The van der Waals surface area contributed by atoms with E-state index in [9.17, 15) is 14.7 Å².